The van der Waals surface area contributed by atoms with Crippen molar-refractivity contribution in [2.24, 2.45) is 0 Å². The molecule has 1 N–H and O–H groups in total. The molecule has 0 radical (unpaired) electrons. The number of carbonyl (C=O) groups is 1. The minimum Gasteiger partial charge on any atom is -0.489 e. The maximum absolute atomic E-state index is 11.5. The minimum atomic E-state index is -0.0992. The van der Waals surface area contributed by atoms with Gasteiger partial charge in [-0.15, -0.1) is 0 Å². The molecule has 4 rings (SSSR count). The largest absolute Gasteiger partial charge is 0.489 e. The predicted octanol–water partition coefficient (Wildman–Crippen LogP) is 6.17. The number of likely N-dealkylation sites (N-methyl/N-ethyl adjacent to an activating group) is 1. The van der Waals surface area contributed by atoms with Crippen LogP contribution in [0.1, 0.15) is 50.3 Å². The van der Waals surface area contributed by atoms with Crippen molar-refractivity contribution in [3.63, 3.8) is 0 Å². The van der Waals surface area contributed by atoms with Crippen molar-refractivity contribution in [1.29, 1.82) is 0 Å². The normalized spacial score (nSPS) is 17.8. The van der Waals surface area contributed by atoms with E-state index in [-0.39, 0.29) is 11.3 Å². The third-order valence-corrected chi connectivity index (χ3v) is 7.32. The lowest BCUT2D eigenvalue weighted by Gasteiger charge is -2.39. The number of carbonyl (C=O) groups excluding carboxylic acids is 1. The number of benzene rings is 2. The van der Waals surface area contributed by atoms with Gasteiger partial charge < -0.3 is 10.1 Å². The second-order valence-corrected chi connectivity index (χ2v) is 10.1. The summed E-state index contributed by atoms with van der Waals surface area (Å²) >= 11 is 0. The summed E-state index contributed by atoms with van der Waals surface area (Å²) in [4.78, 5) is 14.1. The van der Waals surface area contributed by atoms with Gasteiger partial charge in [-0.2, -0.15) is 0 Å². The SMILES string of the molecule is CNC(=O)/C=C(\C)c1ccc(OC/C(C)=C/C=C(\C)CN2CCC3(C=Cc4ccccc43)CC2)cc1. The quantitative estimate of drug-likeness (QED) is 0.361. The van der Waals surface area contributed by atoms with Crippen LogP contribution in [-0.4, -0.2) is 44.1 Å². The Morgan fingerprint density at radius 1 is 1.00 bits per heavy atom. The zero-order chi connectivity index (χ0) is 25.5. The summed E-state index contributed by atoms with van der Waals surface area (Å²) in [6, 6.07) is 16.7. The fourth-order valence-electron chi connectivity index (χ4n) is 5.08. The van der Waals surface area contributed by atoms with Crippen molar-refractivity contribution in [3.8, 4) is 5.75 Å². The van der Waals surface area contributed by atoms with Crippen LogP contribution in [0.15, 0.2) is 84.0 Å². The van der Waals surface area contributed by atoms with Crippen LogP contribution in [0.5, 0.6) is 5.75 Å². The third-order valence-electron chi connectivity index (χ3n) is 7.32. The van der Waals surface area contributed by atoms with Crippen LogP contribution in [0.3, 0.4) is 0 Å². The van der Waals surface area contributed by atoms with E-state index in [1.165, 1.54) is 35.1 Å². The predicted molar refractivity (Wildman–Crippen MR) is 150 cm³/mol. The molecule has 0 aromatic heterocycles. The number of nitrogens with one attached hydrogen (secondary N) is 1. The molecule has 0 atom stereocenters. The van der Waals surface area contributed by atoms with Crippen molar-refractivity contribution in [3.05, 3.63) is 101 Å². The Bertz CT molecular complexity index is 1190. The molecule has 1 amide bonds. The Kier molecular flexibility index (Phi) is 8.27. The number of fused-ring (bicyclic) bond motifs is 2. The molecule has 1 aliphatic carbocycles. The first-order valence-corrected chi connectivity index (χ1v) is 12.9. The Balaban J connectivity index is 1.24. The van der Waals surface area contributed by atoms with E-state index in [0.29, 0.717) is 6.61 Å². The van der Waals surface area contributed by atoms with Crippen molar-refractivity contribution in [2.75, 3.05) is 33.3 Å². The highest BCUT2D eigenvalue weighted by atomic mass is 16.5. The summed E-state index contributed by atoms with van der Waals surface area (Å²) in [6.45, 7) is 10.1. The lowest BCUT2D eigenvalue weighted by molar-refractivity contribution is -0.116. The van der Waals surface area contributed by atoms with Gasteiger partial charge in [0.15, 0.2) is 0 Å². The molecule has 0 saturated carbocycles. The van der Waals surface area contributed by atoms with Crippen molar-refractivity contribution >= 4 is 17.6 Å². The summed E-state index contributed by atoms with van der Waals surface area (Å²) in [7, 11) is 1.63. The van der Waals surface area contributed by atoms with Gasteiger partial charge in [0.1, 0.15) is 12.4 Å². The molecule has 2 aliphatic rings. The molecule has 1 aliphatic heterocycles. The highest BCUT2D eigenvalue weighted by Crippen LogP contribution is 2.43. The average molecular weight is 483 g/mol. The highest BCUT2D eigenvalue weighted by Gasteiger charge is 2.37. The molecule has 4 nitrogen and oxygen atoms in total. The van der Waals surface area contributed by atoms with Gasteiger partial charge in [-0.25, -0.2) is 0 Å². The summed E-state index contributed by atoms with van der Waals surface area (Å²) in [5, 5.41) is 2.61. The fourth-order valence-corrected chi connectivity index (χ4v) is 5.08. The minimum absolute atomic E-state index is 0.0992. The molecular formula is C32H38N2O2. The fraction of sp³-hybridized carbons (Fsp3) is 0.344. The summed E-state index contributed by atoms with van der Waals surface area (Å²) in [5.41, 5.74) is 7.64. The lowest BCUT2D eigenvalue weighted by atomic mass is 9.74. The molecule has 2 aromatic rings. The maximum atomic E-state index is 11.5. The van der Waals surface area contributed by atoms with E-state index in [1.54, 1.807) is 13.1 Å². The van der Waals surface area contributed by atoms with Gasteiger partial charge in [0, 0.05) is 25.1 Å². The second-order valence-electron chi connectivity index (χ2n) is 10.1. The van der Waals surface area contributed by atoms with Crippen LogP contribution in [0, 0.1) is 0 Å². The number of ether oxygens (including phenoxy) is 1. The van der Waals surface area contributed by atoms with Crippen LogP contribution >= 0.6 is 0 Å². The van der Waals surface area contributed by atoms with E-state index in [9.17, 15) is 4.79 Å². The molecule has 188 valence electrons. The number of allylic oxidation sites excluding steroid dienone is 4. The van der Waals surface area contributed by atoms with E-state index in [2.05, 4.69) is 72.6 Å². The molecule has 0 unspecified atom stereocenters. The Morgan fingerprint density at radius 2 is 1.69 bits per heavy atom. The van der Waals surface area contributed by atoms with E-state index in [1.807, 2.05) is 31.2 Å². The van der Waals surface area contributed by atoms with E-state index < -0.39 is 0 Å². The molecular weight excluding hydrogens is 444 g/mol. The van der Waals surface area contributed by atoms with Crippen LogP contribution < -0.4 is 10.1 Å². The molecule has 1 heterocycles. The molecule has 4 heteroatoms. The van der Waals surface area contributed by atoms with Crippen LogP contribution in [0.2, 0.25) is 0 Å². The number of nitrogens with zero attached hydrogens (tertiary/aromatic N) is 1. The third kappa shape index (κ3) is 6.24. The van der Waals surface area contributed by atoms with Crippen molar-refractivity contribution < 1.29 is 9.53 Å². The molecule has 1 fully saturated rings. The first-order valence-electron chi connectivity index (χ1n) is 12.9. The van der Waals surface area contributed by atoms with Gasteiger partial charge >= 0.3 is 0 Å². The van der Waals surface area contributed by atoms with Crippen molar-refractivity contribution in [2.45, 2.75) is 39.0 Å². The van der Waals surface area contributed by atoms with Gasteiger partial charge in [0.05, 0.1) is 0 Å². The summed E-state index contributed by atoms with van der Waals surface area (Å²) in [6.07, 6.45) is 13.1. The Morgan fingerprint density at radius 3 is 2.42 bits per heavy atom. The zero-order valence-corrected chi connectivity index (χ0v) is 22.0. The zero-order valence-electron chi connectivity index (χ0n) is 22.0. The van der Waals surface area contributed by atoms with Crippen LogP contribution in [-0.2, 0) is 10.2 Å². The van der Waals surface area contributed by atoms with Gasteiger partial charge in [-0.3, -0.25) is 9.69 Å². The van der Waals surface area contributed by atoms with Gasteiger partial charge in [-0.05, 0) is 86.7 Å². The van der Waals surface area contributed by atoms with Gasteiger partial charge in [0.2, 0.25) is 5.91 Å². The first-order chi connectivity index (χ1) is 17.4. The number of likely N-dealkylation sites (tertiary alicyclic amines) is 1. The molecule has 2 aromatic carbocycles. The number of piperidine rings is 1. The van der Waals surface area contributed by atoms with E-state index in [4.69, 9.17) is 4.74 Å². The molecule has 1 spiro atoms. The molecule has 1 saturated heterocycles. The molecule has 0 bridgehead atoms. The maximum Gasteiger partial charge on any atom is 0.244 e. The number of hydrogen-bond acceptors (Lipinski definition) is 3. The second kappa shape index (κ2) is 11.6. The summed E-state index contributed by atoms with van der Waals surface area (Å²) in [5.74, 6) is 0.725. The standard InChI is InChI=1S/C32H38N2O2/c1-24(22-34-19-17-32(18-20-34)16-15-28-7-5-6-8-30(28)32)9-10-25(2)23-36-29-13-11-27(12-14-29)26(3)21-31(35)33-4/h5-16,21H,17-20,22-23H2,1-4H3,(H,33,35)/b24-9+,25-10+,26-21+. The van der Waals surface area contributed by atoms with Gasteiger partial charge in [0.25, 0.3) is 0 Å². The number of hydrogen-bond donors (Lipinski definition) is 1. The average Bonchev–Trinajstić information content (AvgIpc) is 3.26. The molecule has 36 heavy (non-hydrogen) atoms. The number of amides is 1. The number of rotatable bonds is 8. The Hall–Kier alpha value is -3.37. The monoisotopic (exact) mass is 482 g/mol. The Labute approximate surface area is 216 Å². The summed E-state index contributed by atoms with van der Waals surface area (Å²) < 4.78 is 5.96. The highest BCUT2D eigenvalue weighted by molar-refractivity contribution is 5.94. The van der Waals surface area contributed by atoms with E-state index >= 15 is 0 Å². The first kappa shape index (κ1) is 25.7. The van der Waals surface area contributed by atoms with Gasteiger partial charge in [-0.1, -0.05) is 66.3 Å². The topological polar surface area (TPSA) is 41.6 Å². The lowest BCUT2D eigenvalue weighted by Crippen LogP contribution is -2.41. The van der Waals surface area contributed by atoms with Crippen LogP contribution in [0.25, 0.3) is 11.6 Å². The van der Waals surface area contributed by atoms with E-state index in [0.717, 1.165) is 36.5 Å². The smallest absolute Gasteiger partial charge is 0.244 e. The van der Waals surface area contributed by atoms with Crippen LogP contribution in [0.4, 0.5) is 0 Å². The van der Waals surface area contributed by atoms with Crippen molar-refractivity contribution in [1.82, 2.24) is 10.2 Å².